The average molecular weight is 392 g/mol. The van der Waals surface area contributed by atoms with E-state index in [4.69, 9.17) is 0 Å². The Bertz CT molecular complexity index is 973. The third-order valence-electron chi connectivity index (χ3n) is 5.81. The number of pyridine rings is 1. The van der Waals surface area contributed by atoms with Gasteiger partial charge in [0.05, 0.1) is 18.3 Å². The number of benzene rings is 1. The summed E-state index contributed by atoms with van der Waals surface area (Å²) in [7, 11) is 0. The van der Waals surface area contributed by atoms with Crippen molar-refractivity contribution >= 4 is 16.9 Å². The van der Waals surface area contributed by atoms with Gasteiger partial charge in [-0.05, 0) is 51.4 Å². The lowest BCUT2D eigenvalue weighted by Gasteiger charge is -2.41. The van der Waals surface area contributed by atoms with Crippen molar-refractivity contribution in [3.63, 3.8) is 0 Å². The molecular weight excluding hydrogens is 362 g/mol. The lowest BCUT2D eigenvalue weighted by atomic mass is 9.98. The Kier molecular flexibility index (Phi) is 5.62. The summed E-state index contributed by atoms with van der Waals surface area (Å²) in [4.78, 5) is 19.7. The third-order valence-corrected chi connectivity index (χ3v) is 5.81. The number of carbonyl (C=O) groups excluding carboxylic acids is 1. The second kappa shape index (κ2) is 8.33. The molecule has 0 spiro atoms. The van der Waals surface area contributed by atoms with E-state index in [2.05, 4.69) is 46.3 Å². The van der Waals surface area contributed by atoms with E-state index in [-0.39, 0.29) is 11.4 Å². The van der Waals surface area contributed by atoms with E-state index in [0.717, 1.165) is 24.1 Å². The first-order valence-electron chi connectivity index (χ1n) is 10.4. The highest BCUT2D eigenvalue weighted by Gasteiger charge is 2.28. The van der Waals surface area contributed by atoms with Crippen LogP contribution in [0, 0.1) is 0 Å². The molecule has 6 heteroatoms. The van der Waals surface area contributed by atoms with Crippen molar-refractivity contribution in [2.75, 3.05) is 19.6 Å². The molecule has 3 heterocycles. The SMILES string of the molecule is CC(C)(CNC(=O)c1cnc2c(cnn2Cc2ccccc2)c1)N1CCCCC1. The molecule has 1 aliphatic heterocycles. The highest BCUT2D eigenvalue weighted by atomic mass is 16.1. The average Bonchev–Trinajstić information content (AvgIpc) is 3.15. The number of carbonyl (C=O) groups is 1. The molecule has 3 aromatic rings. The summed E-state index contributed by atoms with van der Waals surface area (Å²) in [6.45, 7) is 7.90. The molecule has 1 fully saturated rings. The third kappa shape index (κ3) is 4.48. The van der Waals surface area contributed by atoms with Crippen molar-refractivity contribution < 1.29 is 4.79 Å². The molecule has 1 amide bonds. The highest BCUT2D eigenvalue weighted by Crippen LogP contribution is 2.20. The molecule has 1 aromatic carbocycles. The number of nitrogens with one attached hydrogen (secondary N) is 1. The predicted octanol–water partition coefficient (Wildman–Crippen LogP) is 3.47. The van der Waals surface area contributed by atoms with Gasteiger partial charge in [0, 0.05) is 23.7 Å². The van der Waals surface area contributed by atoms with Crippen LogP contribution in [0.1, 0.15) is 49.0 Å². The zero-order valence-electron chi connectivity index (χ0n) is 17.3. The quantitative estimate of drug-likeness (QED) is 0.699. The highest BCUT2D eigenvalue weighted by molar-refractivity contribution is 5.96. The van der Waals surface area contributed by atoms with Crippen LogP contribution >= 0.6 is 0 Å². The summed E-state index contributed by atoms with van der Waals surface area (Å²) in [5.41, 5.74) is 2.49. The molecule has 0 aliphatic carbocycles. The van der Waals surface area contributed by atoms with E-state index < -0.39 is 0 Å². The number of hydrogen-bond donors (Lipinski definition) is 1. The summed E-state index contributed by atoms with van der Waals surface area (Å²) in [6.07, 6.45) is 7.22. The first kappa shape index (κ1) is 19.6. The van der Waals surface area contributed by atoms with Gasteiger partial charge in [-0.1, -0.05) is 36.8 Å². The Morgan fingerprint density at radius 3 is 2.62 bits per heavy atom. The molecule has 2 aromatic heterocycles. The van der Waals surface area contributed by atoms with Crippen LogP contribution in [0.5, 0.6) is 0 Å². The number of piperidine rings is 1. The van der Waals surface area contributed by atoms with Crippen molar-refractivity contribution in [1.29, 1.82) is 0 Å². The zero-order valence-corrected chi connectivity index (χ0v) is 17.3. The van der Waals surface area contributed by atoms with E-state index in [1.165, 1.54) is 24.8 Å². The van der Waals surface area contributed by atoms with E-state index in [9.17, 15) is 4.79 Å². The van der Waals surface area contributed by atoms with Gasteiger partial charge in [-0.3, -0.25) is 9.69 Å². The molecule has 1 aliphatic rings. The summed E-state index contributed by atoms with van der Waals surface area (Å²) in [5.74, 6) is -0.0831. The number of fused-ring (bicyclic) bond motifs is 1. The molecule has 0 bridgehead atoms. The van der Waals surface area contributed by atoms with Crippen LogP contribution in [0.4, 0.5) is 0 Å². The van der Waals surface area contributed by atoms with Gasteiger partial charge >= 0.3 is 0 Å². The minimum atomic E-state index is -0.0831. The lowest BCUT2D eigenvalue weighted by Crippen LogP contribution is -2.53. The zero-order chi connectivity index (χ0) is 20.3. The van der Waals surface area contributed by atoms with Crippen LogP contribution in [0.2, 0.25) is 0 Å². The second-order valence-corrected chi connectivity index (χ2v) is 8.47. The Labute approximate surface area is 171 Å². The number of hydrogen-bond acceptors (Lipinski definition) is 4. The van der Waals surface area contributed by atoms with Crippen molar-refractivity contribution in [3.05, 3.63) is 59.9 Å². The number of rotatable bonds is 6. The molecule has 0 atom stereocenters. The van der Waals surface area contributed by atoms with Crippen LogP contribution in [-0.4, -0.2) is 50.7 Å². The van der Waals surface area contributed by atoms with Gasteiger partial charge in [-0.2, -0.15) is 5.10 Å². The number of nitrogens with zero attached hydrogens (tertiary/aromatic N) is 4. The predicted molar refractivity (Wildman–Crippen MR) is 115 cm³/mol. The monoisotopic (exact) mass is 391 g/mol. The van der Waals surface area contributed by atoms with Crippen molar-refractivity contribution in [1.82, 2.24) is 25.0 Å². The standard InChI is InChI=1S/C23H29N5O/c1-23(2,27-11-7-4-8-12-27)17-25-22(29)20-13-19-15-26-28(21(19)24-14-20)16-18-9-5-3-6-10-18/h3,5-6,9-10,13-15H,4,7-8,11-12,16-17H2,1-2H3,(H,25,29). The van der Waals surface area contributed by atoms with Crippen molar-refractivity contribution in [3.8, 4) is 0 Å². The Balaban J connectivity index is 1.43. The maximum absolute atomic E-state index is 12.7. The van der Waals surface area contributed by atoms with Crippen molar-refractivity contribution in [2.24, 2.45) is 0 Å². The molecule has 0 saturated carbocycles. The molecule has 4 rings (SSSR count). The van der Waals surface area contributed by atoms with E-state index in [1.807, 2.05) is 28.9 Å². The lowest BCUT2D eigenvalue weighted by molar-refractivity contribution is 0.0797. The molecule has 1 saturated heterocycles. The van der Waals surface area contributed by atoms with Crippen LogP contribution in [0.15, 0.2) is 48.8 Å². The smallest absolute Gasteiger partial charge is 0.252 e. The first-order valence-corrected chi connectivity index (χ1v) is 10.4. The van der Waals surface area contributed by atoms with Gasteiger partial charge in [-0.15, -0.1) is 0 Å². The maximum Gasteiger partial charge on any atom is 0.252 e. The van der Waals surface area contributed by atoms with Crippen LogP contribution in [0.25, 0.3) is 11.0 Å². The van der Waals surface area contributed by atoms with Gasteiger partial charge in [0.2, 0.25) is 0 Å². The molecule has 6 nitrogen and oxygen atoms in total. The van der Waals surface area contributed by atoms with Crippen LogP contribution in [0.3, 0.4) is 0 Å². The Morgan fingerprint density at radius 1 is 1.10 bits per heavy atom. The van der Waals surface area contributed by atoms with Gasteiger partial charge in [0.1, 0.15) is 0 Å². The fourth-order valence-electron chi connectivity index (χ4n) is 3.98. The van der Waals surface area contributed by atoms with E-state index in [0.29, 0.717) is 18.7 Å². The second-order valence-electron chi connectivity index (χ2n) is 8.47. The van der Waals surface area contributed by atoms with Crippen LogP contribution < -0.4 is 5.32 Å². The molecule has 1 N–H and O–H groups in total. The molecule has 0 unspecified atom stereocenters. The molecule has 152 valence electrons. The fourth-order valence-corrected chi connectivity index (χ4v) is 3.98. The minimum Gasteiger partial charge on any atom is -0.350 e. The van der Waals surface area contributed by atoms with E-state index in [1.54, 1.807) is 12.4 Å². The Hall–Kier alpha value is -2.73. The van der Waals surface area contributed by atoms with Gasteiger partial charge in [0.15, 0.2) is 5.65 Å². The maximum atomic E-state index is 12.7. The fraction of sp³-hybridized carbons (Fsp3) is 0.435. The normalized spacial score (nSPS) is 15.5. The first-order chi connectivity index (χ1) is 14.0. The summed E-state index contributed by atoms with van der Waals surface area (Å²) in [6, 6.07) is 12.0. The summed E-state index contributed by atoms with van der Waals surface area (Å²) < 4.78 is 1.87. The van der Waals surface area contributed by atoms with Crippen molar-refractivity contribution in [2.45, 2.75) is 45.2 Å². The number of likely N-dealkylation sites (tertiary alicyclic amines) is 1. The molecule has 0 radical (unpaired) electrons. The topological polar surface area (TPSA) is 63.1 Å². The van der Waals surface area contributed by atoms with Gasteiger partial charge in [-0.25, -0.2) is 9.67 Å². The summed E-state index contributed by atoms with van der Waals surface area (Å²) >= 11 is 0. The molecular formula is C23H29N5O. The number of aromatic nitrogens is 3. The molecule has 29 heavy (non-hydrogen) atoms. The van der Waals surface area contributed by atoms with Crippen LogP contribution in [-0.2, 0) is 6.54 Å². The number of amides is 1. The van der Waals surface area contributed by atoms with Gasteiger partial charge in [0.25, 0.3) is 5.91 Å². The summed E-state index contributed by atoms with van der Waals surface area (Å²) in [5, 5.41) is 8.43. The van der Waals surface area contributed by atoms with Gasteiger partial charge < -0.3 is 5.32 Å². The minimum absolute atomic E-state index is 0.0474. The van der Waals surface area contributed by atoms with E-state index >= 15 is 0 Å². The Morgan fingerprint density at radius 2 is 1.86 bits per heavy atom. The largest absolute Gasteiger partial charge is 0.350 e.